The Kier molecular flexibility index (Phi) is 7.39. The van der Waals surface area contributed by atoms with Gasteiger partial charge in [-0.2, -0.15) is 0 Å². The van der Waals surface area contributed by atoms with E-state index in [2.05, 4.69) is 51.4 Å². The van der Waals surface area contributed by atoms with E-state index in [1.807, 2.05) is 24.3 Å². The van der Waals surface area contributed by atoms with Crippen LogP contribution in [0.2, 0.25) is 49.3 Å². The second-order valence-corrected chi connectivity index (χ2v) is 23.9. The number of carbonyl (C=O) groups excluding carboxylic acids is 2. The van der Waals surface area contributed by atoms with Gasteiger partial charge in [0.2, 0.25) is 0 Å². The molecule has 2 atom stereocenters. The lowest BCUT2D eigenvalue weighted by Crippen LogP contribution is -2.60. The number of esters is 2. The van der Waals surface area contributed by atoms with E-state index in [1.54, 1.807) is 0 Å². The highest BCUT2D eigenvalue weighted by molar-refractivity contribution is 6.99. The zero-order chi connectivity index (χ0) is 29.3. The minimum absolute atomic E-state index is 0.304. The number of ether oxygens (including phenoxy) is 2. The SMILES string of the molecule is CC(=O)OC1Cc2c(c3c(c([Si](C)(C)C)c2[Si](C)(C)C)CC(OC(C)=O)c2cc(Cl)ccc2-3)-c2ccc(Cl)cc21. The van der Waals surface area contributed by atoms with Gasteiger partial charge in [-0.15, -0.1) is 0 Å². The first-order valence-electron chi connectivity index (χ1n) is 13.7. The summed E-state index contributed by atoms with van der Waals surface area (Å²) >= 11 is 13.0. The van der Waals surface area contributed by atoms with Gasteiger partial charge in [-0.25, -0.2) is 0 Å². The minimum atomic E-state index is -1.94. The summed E-state index contributed by atoms with van der Waals surface area (Å²) < 4.78 is 11.9. The first kappa shape index (κ1) is 29.1. The number of hydrogen-bond donors (Lipinski definition) is 0. The van der Waals surface area contributed by atoms with Crippen molar-refractivity contribution in [3.05, 3.63) is 68.7 Å². The maximum absolute atomic E-state index is 12.3. The molecule has 4 nitrogen and oxygen atoms in total. The van der Waals surface area contributed by atoms with Crippen molar-refractivity contribution in [1.29, 1.82) is 0 Å². The van der Waals surface area contributed by atoms with Crippen molar-refractivity contribution in [3.63, 3.8) is 0 Å². The van der Waals surface area contributed by atoms with Crippen LogP contribution in [-0.2, 0) is 31.9 Å². The van der Waals surface area contributed by atoms with Gasteiger partial charge in [-0.05, 0) is 57.6 Å². The summed E-state index contributed by atoms with van der Waals surface area (Å²) in [5.74, 6) is -0.608. The molecule has 0 aromatic heterocycles. The summed E-state index contributed by atoms with van der Waals surface area (Å²) in [6.07, 6.45) is 0.373. The maximum Gasteiger partial charge on any atom is 0.303 e. The van der Waals surface area contributed by atoms with Crippen molar-refractivity contribution in [3.8, 4) is 22.3 Å². The van der Waals surface area contributed by atoms with E-state index < -0.39 is 28.4 Å². The minimum Gasteiger partial charge on any atom is -0.457 e. The van der Waals surface area contributed by atoms with Crippen molar-refractivity contribution in [2.24, 2.45) is 0 Å². The summed E-state index contributed by atoms with van der Waals surface area (Å²) in [5, 5.41) is 4.13. The molecule has 0 aliphatic heterocycles. The molecule has 0 bridgehead atoms. The van der Waals surface area contributed by atoms with Crippen LogP contribution in [0.1, 0.15) is 48.3 Å². The normalized spacial score (nSPS) is 17.8. The molecule has 2 aliphatic carbocycles. The molecule has 5 rings (SSSR count). The Morgan fingerprint density at radius 3 is 1.32 bits per heavy atom. The fourth-order valence-electron chi connectivity index (χ4n) is 6.77. The zero-order valence-corrected chi connectivity index (χ0v) is 27.9. The number of fused-ring (bicyclic) bond motifs is 7. The second kappa shape index (κ2) is 10.2. The first-order valence-corrected chi connectivity index (χ1v) is 21.5. The zero-order valence-electron chi connectivity index (χ0n) is 24.4. The highest BCUT2D eigenvalue weighted by Gasteiger charge is 2.43. The number of rotatable bonds is 4. The van der Waals surface area contributed by atoms with Crippen molar-refractivity contribution < 1.29 is 19.1 Å². The van der Waals surface area contributed by atoms with Crippen molar-refractivity contribution >= 4 is 61.7 Å². The van der Waals surface area contributed by atoms with Crippen LogP contribution in [0.25, 0.3) is 22.3 Å². The molecule has 0 fully saturated rings. The molecule has 210 valence electrons. The third-order valence-corrected chi connectivity index (χ3v) is 12.7. The second-order valence-electron chi connectivity index (χ2n) is 13.0. The molecule has 0 N–H and O–H groups in total. The van der Waals surface area contributed by atoms with E-state index in [0.29, 0.717) is 22.9 Å². The van der Waals surface area contributed by atoms with Crippen LogP contribution in [0.15, 0.2) is 36.4 Å². The summed E-state index contributed by atoms with van der Waals surface area (Å²) in [6, 6.07) is 11.9. The van der Waals surface area contributed by atoms with Crippen LogP contribution in [0.3, 0.4) is 0 Å². The fourth-order valence-corrected chi connectivity index (χ4v) is 13.4. The number of halogens is 2. The van der Waals surface area contributed by atoms with E-state index in [9.17, 15) is 9.59 Å². The molecule has 3 aromatic carbocycles. The van der Waals surface area contributed by atoms with Gasteiger partial charge in [-0.1, -0.05) is 85.0 Å². The van der Waals surface area contributed by atoms with E-state index in [1.165, 1.54) is 46.5 Å². The van der Waals surface area contributed by atoms with Gasteiger partial charge in [0.15, 0.2) is 0 Å². The fraction of sp³-hybridized carbons (Fsp3) is 0.375. The molecule has 0 saturated carbocycles. The van der Waals surface area contributed by atoms with Crippen molar-refractivity contribution in [1.82, 2.24) is 0 Å². The highest BCUT2D eigenvalue weighted by atomic mass is 35.5. The third-order valence-electron chi connectivity index (χ3n) is 7.86. The molecule has 0 saturated heterocycles. The van der Waals surface area contributed by atoms with Gasteiger partial charge in [0.25, 0.3) is 0 Å². The van der Waals surface area contributed by atoms with Gasteiger partial charge in [0, 0.05) is 47.9 Å². The van der Waals surface area contributed by atoms with E-state index in [4.69, 9.17) is 32.7 Å². The van der Waals surface area contributed by atoms with Crippen molar-refractivity contribution in [2.45, 2.75) is 78.2 Å². The maximum atomic E-state index is 12.3. The van der Waals surface area contributed by atoms with Crippen LogP contribution in [0, 0.1) is 0 Å². The summed E-state index contributed by atoms with van der Waals surface area (Å²) in [7, 11) is -3.89. The average molecular weight is 612 g/mol. The standard InChI is InChI=1S/C32H36Cl2O4Si2/c1-17(35)37-27-15-25-29(21-11-9-19(33)13-23(21)27)30-22-12-10-20(34)14-24(22)28(38-18(2)36)16-26(30)32(40(6,7)8)31(25)39(3,4)5/h9-14,27-28H,15-16H2,1-8H3. The van der Waals surface area contributed by atoms with Crippen molar-refractivity contribution in [2.75, 3.05) is 0 Å². The predicted molar refractivity (Wildman–Crippen MR) is 170 cm³/mol. The largest absolute Gasteiger partial charge is 0.457 e. The van der Waals surface area contributed by atoms with E-state index >= 15 is 0 Å². The van der Waals surface area contributed by atoms with E-state index in [0.717, 1.165) is 22.3 Å². The van der Waals surface area contributed by atoms with Crippen LogP contribution < -0.4 is 10.4 Å². The summed E-state index contributed by atoms with van der Waals surface area (Å²) in [4.78, 5) is 24.6. The molecule has 3 aromatic rings. The lowest BCUT2D eigenvalue weighted by Gasteiger charge is -2.42. The Hall–Kier alpha value is -2.39. The average Bonchev–Trinajstić information content (AvgIpc) is 2.81. The topological polar surface area (TPSA) is 52.6 Å². The summed E-state index contributed by atoms with van der Waals surface area (Å²) in [5.41, 5.74) is 8.88. The molecule has 0 heterocycles. The molecule has 2 unspecified atom stereocenters. The van der Waals surface area contributed by atoms with Crippen LogP contribution in [0.4, 0.5) is 0 Å². The Labute approximate surface area is 249 Å². The Morgan fingerprint density at radius 1 is 0.675 bits per heavy atom. The monoisotopic (exact) mass is 610 g/mol. The van der Waals surface area contributed by atoms with Crippen LogP contribution >= 0.6 is 23.2 Å². The molecule has 8 heteroatoms. The van der Waals surface area contributed by atoms with Crippen LogP contribution in [-0.4, -0.2) is 28.1 Å². The lowest BCUT2D eigenvalue weighted by molar-refractivity contribution is -0.147. The third kappa shape index (κ3) is 5.08. The van der Waals surface area contributed by atoms with Gasteiger partial charge in [0.05, 0.1) is 16.1 Å². The van der Waals surface area contributed by atoms with Crippen LogP contribution in [0.5, 0.6) is 0 Å². The lowest BCUT2D eigenvalue weighted by atomic mass is 9.74. The molecule has 2 aliphatic rings. The number of carbonyl (C=O) groups is 2. The van der Waals surface area contributed by atoms with E-state index in [-0.39, 0.29) is 11.9 Å². The quantitative estimate of drug-likeness (QED) is 0.224. The van der Waals surface area contributed by atoms with Gasteiger partial charge in [-0.3, -0.25) is 9.59 Å². The predicted octanol–water partition coefficient (Wildman–Crippen LogP) is 7.74. The molecular weight excluding hydrogens is 575 g/mol. The molecular formula is C32H36Cl2O4Si2. The molecule has 0 radical (unpaired) electrons. The van der Waals surface area contributed by atoms with Gasteiger partial charge in [0.1, 0.15) is 12.2 Å². The summed E-state index contributed by atoms with van der Waals surface area (Å²) in [6.45, 7) is 17.3. The highest BCUT2D eigenvalue weighted by Crippen LogP contribution is 2.51. The van der Waals surface area contributed by atoms with Gasteiger partial charge < -0.3 is 9.47 Å². The Morgan fingerprint density at radius 2 is 1.02 bits per heavy atom. The molecule has 40 heavy (non-hydrogen) atoms. The number of benzene rings is 3. The first-order chi connectivity index (χ1) is 18.6. The smallest absolute Gasteiger partial charge is 0.303 e. The van der Waals surface area contributed by atoms with Gasteiger partial charge >= 0.3 is 11.9 Å². The molecule has 0 spiro atoms. The Bertz CT molecular complexity index is 1450. The Balaban J connectivity index is 1.99. The number of hydrogen-bond acceptors (Lipinski definition) is 4. The molecule has 0 amide bonds.